The van der Waals surface area contributed by atoms with Gasteiger partial charge in [0, 0.05) is 30.5 Å². The quantitative estimate of drug-likeness (QED) is 0.238. The van der Waals surface area contributed by atoms with Gasteiger partial charge in [-0.3, -0.25) is 9.29 Å². The lowest BCUT2D eigenvalue weighted by atomic mass is 10.1. The summed E-state index contributed by atoms with van der Waals surface area (Å²) < 4.78 is 62.2. The Balaban J connectivity index is 2.00. The Morgan fingerprint density at radius 2 is 1.70 bits per heavy atom. The number of aryl methyl sites for hydroxylation is 2. The highest BCUT2D eigenvalue weighted by molar-refractivity contribution is 7.93. The maximum atomic E-state index is 13.4. The number of nitrogens with zero attached hydrogens (tertiary/aromatic N) is 5. The van der Waals surface area contributed by atoms with E-state index in [1.165, 1.54) is 14.2 Å². The summed E-state index contributed by atoms with van der Waals surface area (Å²) in [5.74, 6) is 1.28. The van der Waals surface area contributed by atoms with Gasteiger partial charge < -0.3 is 14.0 Å². The molecule has 0 bridgehead atoms. The number of hydrogen-bond acceptors (Lipinski definition) is 9. The normalized spacial score (nSPS) is 14.1. The molecule has 0 saturated carbocycles. The highest BCUT2D eigenvalue weighted by Gasteiger charge is 2.32. The molecule has 1 aromatic carbocycles. The highest BCUT2D eigenvalue weighted by atomic mass is 32.2. The van der Waals surface area contributed by atoms with E-state index in [9.17, 15) is 12.6 Å². The Bertz CT molecular complexity index is 1310. The molecular formula is C23H32N6O6S2. The minimum absolute atomic E-state index is 0.0348. The Morgan fingerprint density at radius 1 is 1.08 bits per heavy atom. The number of para-hydroxylation sites is 1. The van der Waals surface area contributed by atoms with E-state index in [1.807, 2.05) is 6.92 Å². The molecular weight excluding hydrogens is 520 g/mol. The maximum Gasteiger partial charge on any atom is 0.243 e. The van der Waals surface area contributed by atoms with Gasteiger partial charge in [-0.2, -0.15) is 0 Å². The zero-order valence-corrected chi connectivity index (χ0v) is 23.0. The largest absolute Gasteiger partial charge is 0.494 e. The molecule has 2 heterocycles. The molecule has 202 valence electrons. The van der Waals surface area contributed by atoms with E-state index in [0.717, 1.165) is 5.56 Å². The predicted octanol–water partition coefficient (Wildman–Crippen LogP) is 2.86. The summed E-state index contributed by atoms with van der Waals surface area (Å²) in [7, 11) is -0.984. The van der Waals surface area contributed by atoms with E-state index in [1.54, 1.807) is 49.0 Å². The van der Waals surface area contributed by atoms with Gasteiger partial charge in [-0.15, -0.1) is 10.2 Å². The summed E-state index contributed by atoms with van der Waals surface area (Å²) in [6, 6.07) is 5.18. The van der Waals surface area contributed by atoms with Gasteiger partial charge in [0.05, 0.1) is 19.5 Å². The van der Waals surface area contributed by atoms with Crippen LogP contribution in [0.3, 0.4) is 0 Å². The minimum atomic E-state index is -3.97. The number of aromatic nitrogens is 5. The molecule has 0 amide bonds. The number of hydrogen-bond donors (Lipinski definition) is 2. The molecule has 2 N–H and O–H groups in total. The Kier molecular flexibility index (Phi) is 9.56. The summed E-state index contributed by atoms with van der Waals surface area (Å²) in [5, 5.41) is 7.47. The van der Waals surface area contributed by atoms with Crippen molar-refractivity contribution in [2.24, 2.45) is 0 Å². The zero-order chi connectivity index (χ0) is 27.2. The molecule has 0 fully saturated rings. The van der Waals surface area contributed by atoms with Crippen molar-refractivity contribution in [3.8, 4) is 17.2 Å². The number of anilines is 1. The van der Waals surface area contributed by atoms with Crippen molar-refractivity contribution in [2.45, 2.75) is 51.2 Å². The highest BCUT2D eigenvalue weighted by Crippen LogP contribution is 2.36. The second-order valence-corrected chi connectivity index (χ2v) is 11.6. The van der Waals surface area contributed by atoms with Gasteiger partial charge >= 0.3 is 0 Å². The summed E-state index contributed by atoms with van der Waals surface area (Å²) >= 11 is -1.90. The lowest BCUT2D eigenvalue weighted by Crippen LogP contribution is -2.31. The van der Waals surface area contributed by atoms with Crippen LogP contribution in [-0.4, -0.2) is 67.1 Å². The summed E-state index contributed by atoms with van der Waals surface area (Å²) in [4.78, 5) is 8.56. The van der Waals surface area contributed by atoms with Gasteiger partial charge in [-0.25, -0.2) is 22.6 Å². The van der Waals surface area contributed by atoms with Gasteiger partial charge in [0.25, 0.3) is 0 Å². The van der Waals surface area contributed by atoms with Crippen LogP contribution in [0.25, 0.3) is 5.69 Å². The monoisotopic (exact) mass is 552 g/mol. The molecule has 2 aromatic heterocycles. The van der Waals surface area contributed by atoms with Crippen LogP contribution in [0.15, 0.2) is 30.6 Å². The molecule has 3 rings (SSSR count). The van der Waals surface area contributed by atoms with Gasteiger partial charge in [0.2, 0.25) is 16.0 Å². The second-order valence-electron chi connectivity index (χ2n) is 8.53. The lowest BCUT2D eigenvalue weighted by molar-refractivity contribution is 0.390. The molecule has 37 heavy (non-hydrogen) atoms. The van der Waals surface area contributed by atoms with E-state index >= 15 is 0 Å². The van der Waals surface area contributed by atoms with Crippen molar-refractivity contribution in [1.82, 2.24) is 24.7 Å². The molecule has 12 nitrogen and oxygen atoms in total. The molecule has 1 unspecified atom stereocenters. The van der Waals surface area contributed by atoms with Crippen LogP contribution in [0.4, 0.5) is 5.95 Å². The zero-order valence-electron chi connectivity index (χ0n) is 21.4. The molecule has 0 aliphatic heterocycles. The number of unbranched alkanes of at least 4 members (excludes halogenated alkanes) is 1. The molecule has 0 aliphatic carbocycles. The number of nitrogens with one attached hydrogen (secondary N) is 1. The third-order valence-corrected chi connectivity index (χ3v) is 8.45. The predicted molar refractivity (Wildman–Crippen MR) is 140 cm³/mol. The third kappa shape index (κ3) is 6.81. The van der Waals surface area contributed by atoms with Crippen molar-refractivity contribution >= 4 is 27.1 Å². The van der Waals surface area contributed by atoms with Crippen LogP contribution in [0.5, 0.6) is 11.5 Å². The van der Waals surface area contributed by atoms with Crippen LogP contribution in [0.2, 0.25) is 0 Å². The number of sulfonamides is 1. The Morgan fingerprint density at radius 3 is 2.27 bits per heavy atom. The lowest BCUT2D eigenvalue weighted by Gasteiger charge is -2.21. The number of benzene rings is 1. The van der Waals surface area contributed by atoms with E-state index in [4.69, 9.17) is 14.0 Å². The standard InChI is InChI=1S/C23H32N6O6S2/c1-15-13-24-22(25-14-15)16(2)17(3)37(32,33)28-23-27-26-20(11-6-7-12-36(30)31)29(23)21-18(34-4)9-8-10-19(21)35-5/h8-10,13-14,16-17H,6-7,11-12H2,1-5H3,(H,27,28)(H,30,31)/t16-,17-/m0/s1. The van der Waals surface area contributed by atoms with Crippen LogP contribution in [0, 0.1) is 6.92 Å². The smallest absolute Gasteiger partial charge is 0.243 e. The van der Waals surface area contributed by atoms with Gasteiger partial charge in [-0.05, 0) is 44.4 Å². The van der Waals surface area contributed by atoms with Crippen molar-refractivity contribution in [3.63, 3.8) is 0 Å². The maximum absolute atomic E-state index is 13.4. The fourth-order valence-corrected chi connectivity index (χ4v) is 5.36. The average Bonchev–Trinajstić information content (AvgIpc) is 3.26. The average molecular weight is 553 g/mol. The number of methoxy groups -OCH3 is 2. The molecule has 0 spiro atoms. The number of ether oxygens (including phenoxy) is 2. The minimum Gasteiger partial charge on any atom is -0.494 e. The topological polar surface area (TPSA) is 158 Å². The fraction of sp³-hybridized carbons (Fsp3) is 0.478. The first-order valence-corrected chi connectivity index (χ1v) is 14.4. The van der Waals surface area contributed by atoms with Crippen LogP contribution in [-0.2, 0) is 27.5 Å². The van der Waals surface area contributed by atoms with E-state index in [-0.39, 0.29) is 11.7 Å². The SMILES string of the molecule is COc1cccc(OC)c1-n1c(CCCCS(=O)O)nnc1NS(=O)(=O)[C@@H](C)[C@H](C)c1ncc(C)cn1. The van der Waals surface area contributed by atoms with Crippen molar-refractivity contribution in [1.29, 1.82) is 0 Å². The van der Waals surface area contributed by atoms with E-state index < -0.39 is 32.3 Å². The van der Waals surface area contributed by atoms with Gasteiger partial charge in [0.1, 0.15) is 28.8 Å². The molecule has 3 atom stereocenters. The Hall–Kier alpha value is -3.10. The first-order chi connectivity index (χ1) is 17.6. The van der Waals surface area contributed by atoms with E-state index in [2.05, 4.69) is 24.9 Å². The van der Waals surface area contributed by atoms with Crippen molar-refractivity contribution < 1.29 is 26.7 Å². The molecule has 14 heteroatoms. The van der Waals surface area contributed by atoms with Crippen LogP contribution < -0.4 is 14.2 Å². The summed E-state index contributed by atoms with van der Waals surface area (Å²) in [6.45, 7) is 5.19. The summed E-state index contributed by atoms with van der Waals surface area (Å²) in [6.07, 6.45) is 4.68. The van der Waals surface area contributed by atoms with Gasteiger partial charge in [-0.1, -0.05) is 13.0 Å². The fourth-order valence-electron chi connectivity index (χ4n) is 3.68. The number of rotatable bonds is 13. The van der Waals surface area contributed by atoms with Crippen molar-refractivity contribution in [3.05, 3.63) is 47.8 Å². The first kappa shape index (κ1) is 28.5. The molecule has 3 aromatic rings. The molecule has 0 radical (unpaired) electrons. The molecule has 0 aliphatic rings. The summed E-state index contributed by atoms with van der Waals surface area (Å²) in [5.41, 5.74) is 1.31. The van der Waals surface area contributed by atoms with E-state index in [0.29, 0.717) is 48.1 Å². The molecule has 0 saturated heterocycles. The van der Waals surface area contributed by atoms with Gasteiger partial charge in [0.15, 0.2) is 11.1 Å². The van der Waals surface area contributed by atoms with Crippen LogP contribution >= 0.6 is 0 Å². The van der Waals surface area contributed by atoms with Crippen molar-refractivity contribution in [2.75, 3.05) is 24.7 Å². The second kappa shape index (κ2) is 12.4. The van der Waals surface area contributed by atoms with Crippen LogP contribution in [0.1, 0.15) is 49.8 Å². The Labute approximate surface area is 219 Å². The third-order valence-electron chi connectivity index (χ3n) is 5.96. The first-order valence-electron chi connectivity index (χ1n) is 11.6.